The van der Waals surface area contributed by atoms with Gasteiger partial charge in [-0.25, -0.2) is 9.97 Å². The largest absolute Gasteiger partial charge is 0.350 e. The lowest BCUT2D eigenvalue weighted by molar-refractivity contribution is 0.0942. The summed E-state index contributed by atoms with van der Waals surface area (Å²) in [6, 6.07) is 0.139. The van der Waals surface area contributed by atoms with Crippen LogP contribution in [0.4, 0.5) is 0 Å². The first-order valence-electron chi connectivity index (χ1n) is 5.29. The van der Waals surface area contributed by atoms with Crippen LogP contribution in [-0.2, 0) is 0 Å². The number of nitrogens with one attached hydrogen (secondary N) is 1. The van der Waals surface area contributed by atoms with E-state index in [9.17, 15) is 4.79 Å². The minimum atomic E-state index is -0.104. The second-order valence-corrected chi connectivity index (χ2v) is 4.23. The van der Waals surface area contributed by atoms with Crippen molar-refractivity contribution in [3.63, 3.8) is 0 Å². The van der Waals surface area contributed by atoms with Gasteiger partial charge in [0, 0.05) is 24.4 Å². The van der Waals surface area contributed by atoms with E-state index in [0.29, 0.717) is 11.5 Å². The predicted molar refractivity (Wildman–Crippen MR) is 56.6 cm³/mol. The van der Waals surface area contributed by atoms with E-state index >= 15 is 0 Å². The first-order chi connectivity index (χ1) is 7.16. The third-order valence-electron chi connectivity index (χ3n) is 2.30. The van der Waals surface area contributed by atoms with Gasteiger partial charge in [-0.1, -0.05) is 0 Å². The van der Waals surface area contributed by atoms with Gasteiger partial charge in [0.2, 0.25) is 0 Å². The van der Waals surface area contributed by atoms with Crippen LogP contribution in [0.5, 0.6) is 0 Å². The summed E-state index contributed by atoms with van der Waals surface area (Å²) < 4.78 is 0. The summed E-state index contributed by atoms with van der Waals surface area (Å²) in [5.74, 6) is 1.30. The van der Waals surface area contributed by atoms with Gasteiger partial charge in [0.15, 0.2) is 0 Å². The van der Waals surface area contributed by atoms with Crippen molar-refractivity contribution < 1.29 is 4.79 Å². The molecule has 1 fully saturated rings. The Labute approximate surface area is 89.1 Å². The van der Waals surface area contributed by atoms with E-state index in [1.165, 1.54) is 12.8 Å². The number of hydrogen-bond donors (Lipinski definition) is 1. The molecule has 15 heavy (non-hydrogen) atoms. The van der Waals surface area contributed by atoms with Crippen LogP contribution in [0.1, 0.15) is 48.8 Å². The molecular weight excluding hydrogens is 190 g/mol. The number of nitrogens with zero attached hydrogens (tertiary/aromatic N) is 2. The fourth-order valence-corrected chi connectivity index (χ4v) is 1.35. The maximum atomic E-state index is 11.6. The van der Waals surface area contributed by atoms with Gasteiger partial charge in [-0.3, -0.25) is 4.79 Å². The molecule has 0 radical (unpaired) electrons. The molecule has 0 bridgehead atoms. The van der Waals surface area contributed by atoms with Gasteiger partial charge in [-0.05, 0) is 26.7 Å². The van der Waals surface area contributed by atoms with E-state index in [2.05, 4.69) is 15.3 Å². The Bertz CT molecular complexity index is 355. The molecule has 0 spiro atoms. The van der Waals surface area contributed by atoms with Crippen molar-refractivity contribution in [2.45, 2.75) is 38.6 Å². The molecule has 0 atom stereocenters. The van der Waals surface area contributed by atoms with Crippen LogP contribution in [-0.4, -0.2) is 21.9 Å². The lowest BCUT2D eigenvalue weighted by atomic mass is 10.3. The molecular formula is C11H15N3O. The van der Waals surface area contributed by atoms with Gasteiger partial charge in [0.05, 0.1) is 5.56 Å². The molecule has 4 heteroatoms. The van der Waals surface area contributed by atoms with Crippen molar-refractivity contribution in [1.29, 1.82) is 0 Å². The molecule has 0 aliphatic heterocycles. The minimum Gasteiger partial charge on any atom is -0.350 e. The molecule has 1 N–H and O–H groups in total. The van der Waals surface area contributed by atoms with Gasteiger partial charge >= 0.3 is 0 Å². The van der Waals surface area contributed by atoms with Crippen molar-refractivity contribution in [1.82, 2.24) is 15.3 Å². The summed E-state index contributed by atoms with van der Waals surface area (Å²) in [5, 5.41) is 2.80. The average molecular weight is 205 g/mol. The SMILES string of the molecule is CC(C)NC(=O)c1cnc(C2CC2)nc1. The number of rotatable bonds is 3. The molecule has 0 aromatic carbocycles. The average Bonchev–Trinajstić information content (AvgIpc) is 3.00. The van der Waals surface area contributed by atoms with E-state index < -0.39 is 0 Å². The third kappa shape index (κ3) is 2.52. The van der Waals surface area contributed by atoms with E-state index in [0.717, 1.165) is 5.82 Å². The summed E-state index contributed by atoms with van der Waals surface area (Å²) in [6.45, 7) is 3.86. The summed E-state index contributed by atoms with van der Waals surface area (Å²) in [6.07, 6.45) is 5.58. The van der Waals surface area contributed by atoms with Gasteiger partial charge in [-0.15, -0.1) is 0 Å². The third-order valence-corrected chi connectivity index (χ3v) is 2.30. The molecule has 0 saturated heterocycles. The van der Waals surface area contributed by atoms with Gasteiger partial charge in [0.25, 0.3) is 5.91 Å². The fourth-order valence-electron chi connectivity index (χ4n) is 1.35. The molecule has 1 heterocycles. The fraction of sp³-hybridized carbons (Fsp3) is 0.545. The molecule has 1 saturated carbocycles. The zero-order chi connectivity index (χ0) is 10.8. The van der Waals surface area contributed by atoms with Crippen LogP contribution in [0.3, 0.4) is 0 Å². The summed E-state index contributed by atoms with van der Waals surface area (Å²) >= 11 is 0. The van der Waals surface area contributed by atoms with E-state index in [1.54, 1.807) is 12.4 Å². The first kappa shape index (κ1) is 10.1. The summed E-state index contributed by atoms with van der Waals surface area (Å²) in [5.41, 5.74) is 0.535. The second kappa shape index (κ2) is 3.96. The summed E-state index contributed by atoms with van der Waals surface area (Å²) in [4.78, 5) is 20.0. The Morgan fingerprint density at radius 3 is 2.47 bits per heavy atom. The molecule has 1 aromatic rings. The normalized spacial score (nSPS) is 15.4. The van der Waals surface area contributed by atoms with Gasteiger partial charge < -0.3 is 5.32 Å². The van der Waals surface area contributed by atoms with Crippen molar-refractivity contribution >= 4 is 5.91 Å². The highest BCUT2D eigenvalue weighted by Gasteiger charge is 2.26. The Balaban J connectivity index is 2.05. The van der Waals surface area contributed by atoms with E-state index in [4.69, 9.17) is 0 Å². The molecule has 1 aliphatic carbocycles. The monoisotopic (exact) mass is 205 g/mol. The Morgan fingerprint density at radius 2 is 2.00 bits per heavy atom. The highest BCUT2D eigenvalue weighted by atomic mass is 16.1. The van der Waals surface area contributed by atoms with E-state index in [-0.39, 0.29) is 11.9 Å². The van der Waals surface area contributed by atoms with Crippen molar-refractivity contribution in [3.8, 4) is 0 Å². The number of carbonyl (C=O) groups is 1. The van der Waals surface area contributed by atoms with Gasteiger partial charge in [-0.2, -0.15) is 0 Å². The number of amides is 1. The Hall–Kier alpha value is -1.45. The quantitative estimate of drug-likeness (QED) is 0.813. The molecule has 1 aliphatic rings. The van der Waals surface area contributed by atoms with Crippen LogP contribution >= 0.6 is 0 Å². The topological polar surface area (TPSA) is 54.9 Å². The highest BCUT2D eigenvalue weighted by molar-refractivity contribution is 5.93. The molecule has 2 rings (SSSR count). The predicted octanol–water partition coefficient (Wildman–Crippen LogP) is 1.49. The van der Waals surface area contributed by atoms with Crippen LogP contribution in [0, 0.1) is 0 Å². The van der Waals surface area contributed by atoms with Crippen molar-refractivity contribution in [2.24, 2.45) is 0 Å². The van der Waals surface area contributed by atoms with Crippen LogP contribution < -0.4 is 5.32 Å². The lowest BCUT2D eigenvalue weighted by Gasteiger charge is -2.07. The Morgan fingerprint density at radius 1 is 1.40 bits per heavy atom. The van der Waals surface area contributed by atoms with Crippen molar-refractivity contribution in [3.05, 3.63) is 23.8 Å². The number of aromatic nitrogens is 2. The minimum absolute atomic E-state index is 0.104. The van der Waals surface area contributed by atoms with Crippen molar-refractivity contribution in [2.75, 3.05) is 0 Å². The smallest absolute Gasteiger partial charge is 0.254 e. The number of carbonyl (C=O) groups excluding carboxylic acids is 1. The van der Waals surface area contributed by atoms with Crippen LogP contribution in [0.15, 0.2) is 12.4 Å². The molecule has 1 amide bonds. The highest BCUT2D eigenvalue weighted by Crippen LogP contribution is 2.37. The zero-order valence-corrected chi connectivity index (χ0v) is 9.03. The maximum absolute atomic E-state index is 11.6. The molecule has 80 valence electrons. The molecule has 0 unspecified atom stereocenters. The van der Waals surface area contributed by atoms with Crippen LogP contribution in [0.25, 0.3) is 0 Å². The zero-order valence-electron chi connectivity index (χ0n) is 9.03. The Kier molecular flexibility index (Phi) is 2.66. The van der Waals surface area contributed by atoms with E-state index in [1.807, 2.05) is 13.8 Å². The lowest BCUT2D eigenvalue weighted by Crippen LogP contribution is -2.30. The summed E-state index contributed by atoms with van der Waals surface area (Å²) in [7, 11) is 0. The van der Waals surface area contributed by atoms with Crippen LogP contribution in [0.2, 0.25) is 0 Å². The second-order valence-electron chi connectivity index (χ2n) is 4.23. The molecule has 4 nitrogen and oxygen atoms in total. The standard InChI is InChI=1S/C11H15N3O/c1-7(2)14-11(15)9-5-12-10(13-6-9)8-3-4-8/h5-8H,3-4H2,1-2H3,(H,14,15). The number of hydrogen-bond acceptors (Lipinski definition) is 3. The molecule has 1 aromatic heterocycles. The maximum Gasteiger partial charge on any atom is 0.254 e. The first-order valence-corrected chi connectivity index (χ1v) is 5.29. The van der Waals surface area contributed by atoms with Gasteiger partial charge in [0.1, 0.15) is 5.82 Å².